The van der Waals surface area contributed by atoms with Crippen molar-refractivity contribution in [1.82, 2.24) is 31.5 Å². The van der Waals surface area contributed by atoms with E-state index in [9.17, 15) is 9.59 Å². The molecule has 5 rings (SSSR count). The molecule has 2 aliphatic rings. The molecule has 6 N–H and O–H groups in total. The van der Waals surface area contributed by atoms with Gasteiger partial charge in [0.25, 0.3) is 11.8 Å². The fourth-order valence-corrected chi connectivity index (χ4v) is 4.14. The van der Waals surface area contributed by atoms with Crippen LogP contribution >= 0.6 is 0 Å². The molecule has 2 amide bonds. The highest BCUT2D eigenvalue weighted by Gasteiger charge is 2.40. The summed E-state index contributed by atoms with van der Waals surface area (Å²) in [7, 11) is 0. The van der Waals surface area contributed by atoms with Crippen LogP contribution in [0.3, 0.4) is 0 Å². The number of hydrazine groups is 2. The van der Waals surface area contributed by atoms with Crippen molar-refractivity contribution in [1.29, 1.82) is 0 Å². The number of rotatable bonds is 8. The van der Waals surface area contributed by atoms with Gasteiger partial charge >= 0.3 is 0 Å². The molecule has 0 aliphatic carbocycles. The Morgan fingerprint density at radius 1 is 0.605 bits per heavy atom. The number of para-hydroxylation sites is 2. The van der Waals surface area contributed by atoms with Gasteiger partial charge in [0.05, 0.1) is 22.8 Å². The molecule has 0 radical (unpaired) electrons. The van der Waals surface area contributed by atoms with Crippen LogP contribution in [0.1, 0.15) is 11.4 Å². The van der Waals surface area contributed by atoms with Crippen LogP contribution in [0.25, 0.3) is 0 Å². The van der Waals surface area contributed by atoms with Crippen LogP contribution in [0.4, 0.5) is 11.4 Å². The summed E-state index contributed by atoms with van der Waals surface area (Å²) in [6.07, 6.45) is 17.3. The second-order valence-electron chi connectivity index (χ2n) is 8.47. The summed E-state index contributed by atoms with van der Waals surface area (Å²) < 4.78 is 0. The minimum absolute atomic E-state index is 0.368. The molecule has 4 heterocycles. The minimum Gasteiger partial charge on any atom is -0.369 e. The van der Waals surface area contributed by atoms with Gasteiger partial charge in [-0.3, -0.25) is 41.3 Å². The normalized spacial score (nSPS) is 21.1. The van der Waals surface area contributed by atoms with Crippen LogP contribution in [0.2, 0.25) is 0 Å². The number of nitrogens with one attached hydrogen (secondary N) is 6. The molecule has 10 heteroatoms. The molecule has 0 saturated carbocycles. The topological polar surface area (TPSA) is 132 Å². The third-order valence-corrected chi connectivity index (χ3v) is 6.13. The van der Waals surface area contributed by atoms with Gasteiger partial charge in [0.1, 0.15) is 0 Å². The molecule has 10 nitrogen and oxygen atoms in total. The third kappa shape index (κ3) is 4.70. The van der Waals surface area contributed by atoms with Crippen molar-refractivity contribution in [3.63, 3.8) is 0 Å². The molecular formula is C28H26N8O2. The number of carbonyl (C=O) groups is 2. The average molecular weight is 507 g/mol. The Balaban J connectivity index is 1.30. The molecule has 190 valence electrons. The van der Waals surface area contributed by atoms with E-state index in [-0.39, 0.29) is 11.8 Å². The molecule has 2 unspecified atom stereocenters. The lowest BCUT2D eigenvalue weighted by Crippen LogP contribution is -2.54. The Kier molecular flexibility index (Phi) is 6.85. The Hall–Kier alpha value is -5.38. The maximum atomic E-state index is 13.4. The maximum absolute atomic E-state index is 13.4. The van der Waals surface area contributed by atoms with Crippen LogP contribution in [0.5, 0.6) is 0 Å². The van der Waals surface area contributed by atoms with Crippen molar-refractivity contribution in [2.45, 2.75) is 11.1 Å². The number of carbonyl (C=O) groups excluding carboxylic acids is 2. The number of benzene rings is 1. The highest BCUT2D eigenvalue weighted by molar-refractivity contribution is 5.92. The molecule has 2 aromatic heterocycles. The number of aromatic nitrogens is 2. The first-order valence-electron chi connectivity index (χ1n) is 11.9. The fraction of sp³-hybridized carbons (Fsp3) is 0.0714. The highest BCUT2D eigenvalue weighted by Crippen LogP contribution is 2.26. The molecule has 0 spiro atoms. The smallest absolute Gasteiger partial charge is 0.274 e. The lowest BCUT2D eigenvalue weighted by atomic mass is 9.91. The highest BCUT2D eigenvalue weighted by atomic mass is 16.2. The van der Waals surface area contributed by atoms with Gasteiger partial charge in [-0.05, 0) is 73.1 Å². The van der Waals surface area contributed by atoms with Gasteiger partial charge < -0.3 is 10.6 Å². The molecular weight excluding hydrogens is 480 g/mol. The zero-order chi connectivity index (χ0) is 26.3. The van der Waals surface area contributed by atoms with Crippen LogP contribution in [0, 0.1) is 0 Å². The zero-order valence-electron chi connectivity index (χ0n) is 20.3. The monoisotopic (exact) mass is 506 g/mol. The van der Waals surface area contributed by atoms with Crippen molar-refractivity contribution in [2.75, 3.05) is 10.9 Å². The zero-order valence-corrected chi connectivity index (χ0v) is 20.3. The first kappa shape index (κ1) is 24.3. The van der Waals surface area contributed by atoms with E-state index >= 15 is 0 Å². The lowest BCUT2D eigenvalue weighted by molar-refractivity contribution is -0.126. The van der Waals surface area contributed by atoms with Gasteiger partial charge in [0.2, 0.25) is 0 Å². The molecule has 38 heavy (non-hydrogen) atoms. The minimum atomic E-state index is -1.19. The van der Waals surface area contributed by atoms with Crippen molar-refractivity contribution in [2.24, 2.45) is 0 Å². The summed E-state index contributed by atoms with van der Waals surface area (Å²) in [5.74, 6) is -0.735. The van der Waals surface area contributed by atoms with Crippen molar-refractivity contribution in [3.05, 3.63) is 133 Å². The summed E-state index contributed by atoms with van der Waals surface area (Å²) in [6, 6.07) is 17.9. The lowest BCUT2D eigenvalue weighted by Gasteiger charge is -2.32. The molecule has 1 aromatic carbocycles. The Morgan fingerprint density at radius 3 is 1.42 bits per heavy atom. The Labute approximate surface area is 219 Å². The van der Waals surface area contributed by atoms with Crippen molar-refractivity contribution in [3.8, 4) is 0 Å². The number of nitrogens with zero attached hydrogens (tertiary/aromatic N) is 2. The maximum Gasteiger partial charge on any atom is 0.274 e. The molecule has 3 aromatic rings. The first-order valence-corrected chi connectivity index (χ1v) is 11.9. The Morgan fingerprint density at radius 2 is 1.05 bits per heavy atom. The van der Waals surface area contributed by atoms with Crippen LogP contribution < -0.4 is 32.3 Å². The number of allylic oxidation sites excluding steroid dienone is 4. The molecule has 0 saturated heterocycles. The van der Waals surface area contributed by atoms with Gasteiger partial charge in [0.15, 0.2) is 11.1 Å². The standard InChI is InChI=1S/C28H26N8O2/c37-25(27(15-5-9-19-31-27)23-13-3-7-17-29-23)35-33-21-11-1-2-12-22(21)34-36-26(38)28(16-6-10-20-32-28)24-14-4-8-18-30-24/h1-20,31-34H,(H,35,37)(H,36,38). The summed E-state index contributed by atoms with van der Waals surface area (Å²) in [6.45, 7) is 0. The predicted octanol–water partition coefficient (Wildman–Crippen LogP) is 2.50. The molecule has 2 atom stereocenters. The number of hydrogen-bond acceptors (Lipinski definition) is 8. The largest absolute Gasteiger partial charge is 0.369 e. The van der Waals surface area contributed by atoms with Gasteiger partial charge in [-0.1, -0.05) is 36.4 Å². The fourth-order valence-electron chi connectivity index (χ4n) is 4.14. The predicted molar refractivity (Wildman–Crippen MR) is 145 cm³/mol. The van der Waals surface area contributed by atoms with Gasteiger partial charge in [-0.25, -0.2) is 0 Å². The van der Waals surface area contributed by atoms with E-state index in [1.807, 2.05) is 24.3 Å². The Bertz CT molecular complexity index is 1310. The van der Waals surface area contributed by atoms with Crippen LogP contribution in [0.15, 0.2) is 122 Å². The summed E-state index contributed by atoms with van der Waals surface area (Å²) >= 11 is 0. The van der Waals surface area contributed by atoms with Crippen LogP contribution in [-0.4, -0.2) is 21.8 Å². The van der Waals surface area contributed by atoms with Gasteiger partial charge in [-0.2, -0.15) is 0 Å². The second-order valence-corrected chi connectivity index (χ2v) is 8.47. The van der Waals surface area contributed by atoms with Crippen molar-refractivity contribution < 1.29 is 9.59 Å². The summed E-state index contributed by atoms with van der Waals surface area (Å²) in [5.41, 5.74) is 11.2. The van der Waals surface area contributed by atoms with E-state index in [1.165, 1.54) is 0 Å². The average Bonchev–Trinajstić information content (AvgIpc) is 3.00. The van der Waals surface area contributed by atoms with Crippen molar-refractivity contribution >= 4 is 23.2 Å². The number of dihydropyridines is 2. The van der Waals surface area contributed by atoms with E-state index in [0.29, 0.717) is 22.8 Å². The molecule has 2 aliphatic heterocycles. The summed E-state index contributed by atoms with van der Waals surface area (Å²) in [5, 5.41) is 6.23. The SMILES string of the molecule is O=C(NNc1ccccc1NNC(=O)C1(c2ccccn2)C=CC=CN1)C1(c2ccccn2)C=CC=CN1. The van der Waals surface area contributed by atoms with Gasteiger partial charge in [0, 0.05) is 12.4 Å². The molecule has 0 bridgehead atoms. The van der Waals surface area contributed by atoms with E-state index in [1.54, 1.807) is 97.6 Å². The summed E-state index contributed by atoms with van der Waals surface area (Å²) in [4.78, 5) is 35.5. The van der Waals surface area contributed by atoms with E-state index in [4.69, 9.17) is 0 Å². The molecule has 0 fully saturated rings. The first-order chi connectivity index (χ1) is 18.6. The third-order valence-electron chi connectivity index (χ3n) is 6.13. The van der Waals surface area contributed by atoms with E-state index in [0.717, 1.165) is 0 Å². The number of anilines is 2. The van der Waals surface area contributed by atoms with E-state index in [2.05, 4.69) is 42.3 Å². The second kappa shape index (κ2) is 10.7. The van der Waals surface area contributed by atoms with E-state index < -0.39 is 11.1 Å². The number of amides is 2. The quantitative estimate of drug-likeness (QED) is 0.257. The van der Waals surface area contributed by atoms with Gasteiger partial charge in [-0.15, -0.1) is 0 Å². The number of pyridine rings is 2. The van der Waals surface area contributed by atoms with Crippen LogP contribution in [-0.2, 0) is 20.7 Å². The number of hydrogen-bond donors (Lipinski definition) is 6.